The van der Waals surface area contributed by atoms with Crippen LogP contribution in [-0.2, 0) is 11.2 Å². The summed E-state index contributed by atoms with van der Waals surface area (Å²) in [6.45, 7) is 9.74. The molecular formula is C26H33ClN4O. The van der Waals surface area contributed by atoms with Crippen molar-refractivity contribution in [2.75, 3.05) is 36.4 Å². The van der Waals surface area contributed by atoms with Crippen LogP contribution in [0.5, 0.6) is 0 Å². The van der Waals surface area contributed by atoms with Gasteiger partial charge in [-0.1, -0.05) is 37.6 Å². The van der Waals surface area contributed by atoms with Crippen molar-refractivity contribution >= 4 is 29.7 Å². The smallest absolute Gasteiger partial charge is 0.267 e. The van der Waals surface area contributed by atoms with Gasteiger partial charge in [0.15, 0.2) is 0 Å². The van der Waals surface area contributed by atoms with Gasteiger partial charge in [-0.25, -0.2) is 0 Å². The fourth-order valence-corrected chi connectivity index (χ4v) is 3.83. The average molecular weight is 453 g/mol. The van der Waals surface area contributed by atoms with Crippen molar-refractivity contribution in [3.05, 3.63) is 70.9 Å². The van der Waals surface area contributed by atoms with E-state index in [2.05, 4.69) is 60.2 Å². The Bertz CT molecular complexity index is 970. The van der Waals surface area contributed by atoms with Crippen molar-refractivity contribution in [2.45, 2.75) is 40.0 Å². The van der Waals surface area contributed by atoms with Gasteiger partial charge >= 0.3 is 0 Å². The van der Waals surface area contributed by atoms with Gasteiger partial charge in [0.25, 0.3) is 5.91 Å². The molecule has 0 atom stereocenters. The number of carbonyl (C=O) groups excluding carboxylic acids is 1. The van der Waals surface area contributed by atoms with E-state index in [1.54, 1.807) is 6.20 Å². The summed E-state index contributed by atoms with van der Waals surface area (Å²) in [5.74, 6) is -0.360. The van der Waals surface area contributed by atoms with Crippen molar-refractivity contribution in [3.8, 4) is 6.07 Å². The lowest BCUT2D eigenvalue weighted by molar-refractivity contribution is -0.112. The van der Waals surface area contributed by atoms with Crippen molar-refractivity contribution in [1.29, 1.82) is 5.26 Å². The summed E-state index contributed by atoms with van der Waals surface area (Å²) in [4.78, 5) is 17.0. The van der Waals surface area contributed by atoms with Crippen LogP contribution >= 0.6 is 12.4 Å². The van der Waals surface area contributed by atoms with Gasteiger partial charge in [0.2, 0.25) is 0 Å². The molecule has 170 valence electrons. The molecule has 0 saturated carbocycles. The number of halogens is 1. The second-order valence-corrected chi connectivity index (χ2v) is 8.15. The summed E-state index contributed by atoms with van der Waals surface area (Å²) in [7, 11) is 0. The molecular weight excluding hydrogens is 420 g/mol. The van der Waals surface area contributed by atoms with Crippen LogP contribution in [0.25, 0.3) is 0 Å². The van der Waals surface area contributed by atoms with E-state index in [1.807, 2.05) is 24.3 Å². The van der Waals surface area contributed by atoms with Crippen LogP contribution in [0, 0.1) is 25.2 Å². The summed E-state index contributed by atoms with van der Waals surface area (Å²) >= 11 is 0. The Labute approximate surface area is 198 Å². The number of carbonyl (C=O) groups is 1. The van der Waals surface area contributed by atoms with Crippen LogP contribution in [-0.4, -0.2) is 37.0 Å². The largest absolute Gasteiger partial charge is 0.373 e. The number of hydrogen-bond acceptors (Lipinski definition) is 4. The number of nitriles is 1. The van der Waals surface area contributed by atoms with Crippen LogP contribution in [0.3, 0.4) is 0 Å². The summed E-state index contributed by atoms with van der Waals surface area (Å²) < 4.78 is 0. The van der Waals surface area contributed by atoms with Crippen molar-refractivity contribution in [2.24, 2.45) is 0 Å². The molecule has 0 bridgehead atoms. The van der Waals surface area contributed by atoms with Gasteiger partial charge < -0.3 is 15.1 Å². The molecule has 1 N–H and O–H groups in total. The molecule has 5 nitrogen and oxygen atoms in total. The first kappa shape index (κ1) is 25.3. The summed E-state index contributed by atoms with van der Waals surface area (Å²) in [5, 5.41) is 12.4. The molecule has 6 heteroatoms. The summed E-state index contributed by atoms with van der Waals surface area (Å²) in [6.07, 6.45) is 5.06. The highest BCUT2D eigenvalue weighted by atomic mass is 35.5. The molecule has 2 aromatic rings. The van der Waals surface area contributed by atoms with Gasteiger partial charge in [-0.05, 0) is 61.6 Å². The fraction of sp³-hybridized carbons (Fsp3) is 0.385. The van der Waals surface area contributed by atoms with Crippen LogP contribution in [0.15, 0.2) is 54.2 Å². The molecule has 3 rings (SSSR count). The predicted molar refractivity (Wildman–Crippen MR) is 134 cm³/mol. The van der Waals surface area contributed by atoms with E-state index in [4.69, 9.17) is 0 Å². The zero-order valence-electron chi connectivity index (χ0n) is 19.2. The van der Waals surface area contributed by atoms with E-state index in [-0.39, 0.29) is 23.9 Å². The van der Waals surface area contributed by atoms with E-state index < -0.39 is 0 Å². The number of aryl methyl sites for hydroxylation is 2. The minimum atomic E-state index is -0.360. The highest BCUT2D eigenvalue weighted by molar-refractivity contribution is 6.06. The Morgan fingerprint density at radius 2 is 1.78 bits per heavy atom. The van der Waals surface area contributed by atoms with Crippen molar-refractivity contribution in [1.82, 2.24) is 4.90 Å². The first-order valence-electron chi connectivity index (χ1n) is 11.1. The van der Waals surface area contributed by atoms with Crippen LogP contribution in [0.1, 0.15) is 36.5 Å². The van der Waals surface area contributed by atoms with Crippen LogP contribution in [0.4, 0.5) is 11.4 Å². The highest BCUT2D eigenvalue weighted by Gasteiger charge is 2.19. The first-order valence-corrected chi connectivity index (χ1v) is 11.1. The van der Waals surface area contributed by atoms with E-state index >= 15 is 0 Å². The predicted octanol–water partition coefficient (Wildman–Crippen LogP) is 5.24. The topological polar surface area (TPSA) is 59.4 Å². The molecule has 0 aliphatic carbocycles. The number of benzene rings is 2. The highest BCUT2D eigenvalue weighted by Crippen LogP contribution is 2.24. The normalized spacial score (nSPS) is 13.9. The standard InChI is InChI=1S/C26H32N4O.ClH/c1-4-5-8-22-10-12-24(13-11-22)28-26(31)23(18-27)19-29-14-16-30(17-15-29)25-9-6-7-20(2)21(25)3;/h6-7,9-13,19H,4-5,8,14-17H2,1-3H3,(H,28,31);1H/b23-19-;. The molecule has 2 aromatic carbocycles. The van der Waals surface area contributed by atoms with Gasteiger partial charge in [-0.15, -0.1) is 12.4 Å². The first-order chi connectivity index (χ1) is 15.0. The summed E-state index contributed by atoms with van der Waals surface area (Å²) in [5.41, 5.74) is 5.98. The second-order valence-electron chi connectivity index (χ2n) is 8.15. The SMILES string of the molecule is CCCCc1ccc(NC(=O)/C(C#N)=C\N2CCN(c3cccc(C)c3C)CC2)cc1.Cl. The Kier molecular flexibility index (Phi) is 9.61. The molecule has 0 aromatic heterocycles. The third-order valence-corrected chi connectivity index (χ3v) is 5.94. The van der Waals surface area contributed by atoms with E-state index in [0.29, 0.717) is 5.69 Å². The van der Waals surface area contributed by atoms with Crippen molar-refractivity contribution < 1.29 is 4.79 Å². The minimum absolute atomic E-state index is 0. The number of nitrogens with zero attached hydrogens (tertiary/aromatic N) is 3. The molecule has 32 heavy (non-hydrogen) atoms. The van der Waals surface area contributed by atoms with Gasteiger partial charge in [0.05, 0.1) is 0 Å². The molecule has 0 radical (unpaired) electrons. The van der Waals surface area contributed by atoms with Crippen LogP contribution < -0.4 is 10.2 Å². The molecule has 1 fully saturated rings. The molecule has 1 saturated heterocycles. The number of rotatable bonds is 7. The zero-order valence-corrected chi connectivity index (χ0v) is 20.0. The van der Waals surface area contributed by atoms with Gasteiger partial charge in [-0.2, -0.15) is 5.26 Å². The number of unbranched alkanes of at least 4 members (excludes halogenated alkanes) is 1. The lowest BCUT2D eigenvalue weighted by Gasteiger charge is -2.36. The zero-order chi connectivity index (χ0) is 22.2. The maximum Gasteiger partial charge on any atom is 0.267 e. The Hall–Kier alpha value is -2.97. The molecule has 0 spiro atoms. The summed E-state index contributed by atoms with van der Waals surface area (Å²) in [6, 6.07) is 16.3. The monoisotopic (exact) mass is 452 g/mol. The maximum absolute atomic E-state index is 12.6. The minimum Gasteiger partial charge on any atom is -0.373 e. The van der Waals surface area contributed by atoms with Gasteiger partial charge in [-0.3, -0.25) is 4.79 Å². The molecule has 1 amide bonds. The number of nitrogens with one attached hydrogen (secondary N) is 1. The molecule has 1 aliphatic rings. The molecule has 1 aliphatic heterocycles. The quantitative estimate of drug-likeness (QED) is 0.461. The molecule has 0 unspecified atom stereocenters. The lowest BCUT2D eigenvalue weighted by atomic mass is 10.1. The Morgan fingerprint density at radius 1 is 1.09 bits per heavy atom. The van der Waals surface area contributed by atoms with E-state index in [9.17, 15) is 10.1 Å². The number of hydrogen-bond donors (Lipinski definition) is 1. The second kappa shape index (κ2) is 12.2. The fourth-order valence-electron chi connectivity index (χ4n) is 3.83. The average Bonchev–Trinajstić information content (AvgIpc) is 2.79. The third-order valence-electron chi connectivity index (χ3n) is 5.94. The third kappa shape index (κ3) is 6.51. The number of amides is 1. The van der Waals surface area contributed by atoms with Crippen LogP contribution in [0.2, 0.25) is 0 Å². The van der Waals surface area contributed by atoms with Gasteiger partial charge in [0.1, 0.15) is 11.6 Å². The Morgan fingerprint density at radius 3 is 2.41 bits per heavy atom. The Balaban J connectivity index is 0.00000363. The lowest BCUT2D eigenvalue weighted by Crippen LogP contribution is -2.44. The van der Waals surface area contributed by atoms with Crippen molar-refractivity contribution in [3.63, 3.8) is 0 Å². The number of piperazine rings is 1. The number of anilines is 2. The van der Waals surface area contributed by atoms with Gasteiger partial charge in [0, 0.05) is 43.8 Å². The maximum atomic E-state index is 12.6. The molecule has 1 heterocycles. The van der Waals surface area contributed by atoms with E-state index in [0.717, 1.165) is 45.4 Å². The van der Waals surface area contributed by atoms with E-state index in [1.165, 1.54) is 22.4 Å².